The highest BCUT2D eigenvalue weighted by Crippen LogP contribution is 2.54. The first-order chi connectivity index (χ1) is 7.65. The van der Waals surface area contributed by atoms with Gasteiger partial charge in [-0.15, -0.1) is 0 Å². The number of carbonyl (C=O) groups is 1. The highest BCUT2D eigenvalue weighted by Gasteiger charge is 2.52. The molecular weight excluding hydrogens is 203 g/mol. The van der Waals surface area contributed by atoms with E-state index in [1.807, 2.05) is 26.0 Å². The molecule has 0 amide bonds. The highest BCUT2D eigenvalue weighted by atomic mass is 19.1. The molecule has 0 aliphatic heterocycles. The monoisotopic (exact) mass is 220 g/mol. The fourth-order valence-corrected chi connectivity index (χ4v) is 2.95. The zero-order chi connectivity index (χ0) is 11.8. The van der Waals surface area contributed by atoms with Crippen LogP contribution in [0.3, 0.4) is 0 Å². The number of benzene rings is 1. The molecule has 0 radical (unpaired) electrons. The fraction of sp³-hybridized carbons (Fsp3) is 0.500. The summed E-state index contributed by atoms with van der Waals surface area (Å²) in [7, 11) is 0. The van der Waals surface area contributed by atoms with Crippen LogP contribution in [0.1, 0.15) is 44.6 Å². The zero-order valence-corrected chi connectivity index (χ0v) is 9.79. The third-order valence-electron chi connectivity index (χ3n) is 4.15. The SMILES string of the molecule is CCC1(CC)C(=O)CC1c1ccccc1F. The van der Waals surface area contributed by atoms with Crippen molar-refractivity contribution >= 4 is 5.78 Å². The normalized spacial score (nSPS) is 22.9. The van der Waals surface area contributed by atoms with Crippen molar-refractivity contribution < 1.29 is 9.18 Å². The van der Waals surface area contributed by atoms with Gasteiger partial charge in [0.15, 0.2) is 0 Å². The van der Waals surface area contributed by atoms with Gasteiger partial charge in [0.1, 0.15) is 11.6 Å². The van der Waals surface area contributed by atoms with Gasteiger partial charge in [0.05, 0.1) is 0 Å². The molecule has 1 unspecified atom stereocenters. The molecule has 86 valence electrons. The Kier molecular flexibility index (Phi) is 2.83. The molecule has 1 aromatic rings. The molecule has 1 saturated carbocycles. The number of rotatable bonds is 3. The van der Waals surface area contributed by atoms with E-state index in [-0.39, 0.29) is 17.2 Å². The molecule has 2 heteroatoms. The Morgan fingerprint density at radius 3 is 2.44 bits per heavy atom. The van der Waals surface area contributed by atoms with Crippen LogP contribution >= 0.6 is 0 Å². The molecule has 0 spiro atoms. The molecule has 1 atom stereocenters. The van der Waals surface area contributed by atoms with Gasteiger partial charge in [-0.25, -0.2) is 4.39 Å². The fourth-order valence-electron chi connectivity index (χ4n) is 2.95. The second kappa shape index (κ2) is 4.00. The molecule has 0 N–H and O–H groups in total. The maximum absolute atomic E-state index is 13.7. The molecule has 0 bridgehead atoms. The summed E-state index contributed by atoms with van der Waals surface area (Å²) in [4.78, 5) is 11.8. The third kappa shape index (κ3) is 1.40. The first-order valence-electron chi connectivity index (χ1n) is 5.93. The molecule has 0 saturated heterocycles. The van der Waals surface area contributed by atoms with E-state index in [1.165, 1.54) is 6.07 Å². The molecule has 1 fully saturated rings. The molecule has 2 rings (SSSR count). The van der Waals surface area contributed by atoms with E-state index < -0.39 is 0 Å². The first kappa shape index (κ1) is 11.3. The van der Waals surface area contributed by atoms with Gasteiger partial charge in [-0.2, -0.15) is 0 Å². The second-order valence-electron chi connectivity index (χ2n) is 4.56. The van der Waals surface area contributed by atoms with E-state index in [0.29, 0.717) is 17.8 Å². The number of hydrogen-bond donors (Lipinski definition) is 0. The van der Waals surface area contributed by atoms with E-state index in [4.69, 9.17) is 0 Å². The minimum absolute atomic E-state index is 0.0798. The standard InChI is InChI=1S/C14H17FO/c1-3-14(4-2)11(9-13(14)16)10-7-5-6-8-12(10)15/h5-8,11H,3-4,9H2,1-2H3. The molecule has 0 heterocycles. The first-order valence-corrected chi connectivity index (χ1v) is 5.93. The molecular formula is C14H17FO. The zero-order valence-electron chi connectivity index (χ0n) is 9.79. The van der Waals surface area contributed by atoms with Crippen LogP contribution < -0.4 is 0 Å². The van der Waals surface area contributed by atoms with Crippen LogP contribution in [0.15, 0.2) is 24.3 Å². The Hall–Kier alpha value is -1.18. The lowest BCUT2D eigenvalue weighted by atomic mass is 9.54. The van der Waals surface area contributed by atoms with E-state index >= 15 is 0 Å². The van der Waals surface area contributed by atoms with Crippen LogP contribution in [-0.4, -0.2) is 5.78 Å². The van der Waals surface area contributed by atoms with Gasteiger partial charge in [0.25, 0.3) is 0 Å². The van der Waals surface area contributed by atoms with Crippen LogP contribution in [0, 0.1) is 11.2 Å². The summed E-state index contributed by atoms with van der Waals surface area (Å²) in [5.74, 6) is 0.202. The van der Waals surface area contributed by atoms with Gasteiger partial charge in [-0.1, -0.05) is 32.0 Å². The van der Waals surface area contributed by atoms with Crippen molar-refractivity contribution in [3.63, 3.8) is 0 Å². The predicted octanol–water partition coefficient (Wildman–Crippen LogP) is 3.69. The largest absolute Gasteiger partial charge is 0.299 e. The van der Waals surface area contributed by atoms with Crippen molar-refractivity contribution in [2.24, 2.45) is 5.41 Å². The van der Waals surface area contributed by atoms with Crippen molar-refractivity contribution in [1.82, 2.24) is 0 Å². The maximum Gasteiger partial charge on any atom is 0.140 e. The van der Waals surface area contributed by atoms with E-state index in [1.54, 1.807) is 6.07 Å². The summed E-state index contributed by atoms with van der Waals surface area (Å²) in [6.45, 7) is 4.04. The highest BCUT2D eigenvalue weighted by molar-refractivity contribution is 5.93. The lowest BCUT2D eigenvalue weighted by Gasteiger charge is -2.47. The number of ketones is 1. The van der Waals surface area contributed by atoms with Gasteiger partial charge < -0.3 is 0 Å². The topological polar surface area (TPSA) is 17.1 Å². The summed E-state index contributed by atoms with van der Waals surface area (Å²) in [6.07, 6.45) is 2.12. The smallest absolute Gasteiger partial charge is 0.140 e. The average Bonchev–Trinajstić information content (AvgIpc) is 2.29. The quantitative estimate of drug-likeness (QED) is 0.759. The van der Waals surface area contributed by atoms with Gasteiger partial charge in [-0.3, -0.25) is 4.79 Å². The van der Waals surface area contributed by atoms with Crippen molar-refractivity contribution in [3.05, 3.63) is 35.6 Å². The summed E-state index contributed by atoms with van der Waals surface area (Å²) in [5, 5.41) is 0. The molecule has 1 aromatic carbocycles. The predicted molar refractivity (Wildman–Crippen MR) is 61.8 cm³/mol. The van der Waals surface area contributed by atoms with Crippen molar-refractivity contribution in [3.8, 4) is 0 Å². The lowest BCUT2D eigenvalue weighted by Crippen LogP contribution is -2.47. The minimum Gasteiger partial charge on any atom is -0.299 e. The Morgan fingerprint density at radius 1 is 1.31 bits per heavy atom. The molecule has 1 nitrogen and oxygen atoms in total. The summed E-state index contributed by atoms with van der Waals surface area (Å²) in [5.41, 5.74) is 0.410. The third-order valence-corrected chi connectivity index (χ3v) is 4.15. The van der Waals surface area contributed by atoms with Crippen LogP contribution in [0.5, 0.6) is 0 Å². The Bertz CT molecular complexity index is 407. The van der Waals surface area contributed by atoms with Gasteiger partial charge in [0, 0.05) is 17.8 Å². The van der Waals surface area contributed by atoms with Crippen molar-refractivity contribution in [2.45, 2.75) is 39.0 Å². The summed E-state index contributed by atoms with van der Waals surface area (Å²) >= 11 is 0. The average molecular weight is 220 g/mol. The van der Waals surface area contributed by atoms with Crippen molar-refractivity contribution in [2.75, 3.05) is 0 Å². The summed E-state index contributed by atoms with van der Waals surface area (Å²) < 4.78 is 13.7. The Morgan fingerprint density at radius 2 is 1.94 bits per heavy atom. The number of carbonyl (C=O) groups excluding carboxylic acids is 1. The second-order valence-corrected chi connectivity index (χ2v) is 4.56. The minimum atomic E-state index is -0.303. The van der Waals surface area contributed by atoms with Crippen LogP contribution in [0.25, 0.3) is 0 Å². The number of hydrogen-bond acceptors (Lipinski definition) is 1. The summed E-state index contributed by atoms with van der Waals surface area (Å²) in [6, 6.07) is 6.83. The molecule has 0 aromatic heterocycles. The van der Waals surface area contributed by atoms with Crippen LogP contribution in [0.4, 0.5) is 4.39 Å². The van der Waals surface area contributed by atoms with Crippen molar-refractivity contribution in [1.29, 1.82) is 0 Å². The number of halogens is 1. The number of Topliss-reactive ketones (excluding diaryl/α,β-unsaturated/α-hetero) is 1. The maximum atomic E-state index is 13.7. The van der Waals surface area contributed by atoms with E-state index in [0.717, 1.165) is 12.8 Å². The van der Waals surface area contributed by atoms with Gasteiger partial charge in [-0.05, 0) is 24.5 Å². The van der Waals surface area contributed by atoms with Gasteiger partial charge in [0.2, 0.25) is 0 Å². The van der Waals surface area contributed by atoms with Gasteiger partial charge >= 0.3 is 0 Å². The van der Waals surface area contributed by atoms with Crippen LogP contribution in [-0.2, 0) is 4.79 Å². The Labute approximate surface area is 95.7 Å². The van der Waals surface area contributed by atoms with Crippen LogP contribution in [0.2, 0.25) is 0 Å². The van der Waals surface area contributed by atoms with E-state index in [2.05, 4.69) is 0 Å². The molecule has 1 aliphatic rings. The molecule has 16 heavy (non-hydrogen) atoms. The Balaban J connectivity index is 2.37. The lowest BCUT2D eigenvalue weighted by molar-refractivity contribution is -0.141. The van der Waals surface area contributed by atoms with E-state index in [9.17, 15) is 9.18 Å². The molecule has 1 aliphatic carbocycles.